The van der Waals surface area contributed by atoms with Gasteiger partial charge < -0.3 is 4.90 Å². The van der Waals surface area contributed by atoms with Gasteiger partial charge in [0.15, 0.2) is 0 Å². The van der Waals surface area contributed by atoms with Crippen LogP contribution in [0.5, 0.6) is 0 Å². The minimum atomic E-state index is 0.0286. The van der Waals surface area contributed by atoms with E-state index in [-0.39, 0.29) is 13.4 Å². The van der Waals surface area contributed by atoms with Gasteiger partial charge in [0.25, 0.3) is 0 Å². The summed E-state index contributed by atoms with van der Waals surface area (Å²) in [6.45, 7) is 25.9. The Kier molecular flexibility index (Phi) is 9.71. The van der Waals surface area contributed by atoms with Gasteiger partial charge >= 0.3 is 0 Å². The van der Waals surface area contributed by atoms with Gasteiger partial charge in [-0.15, -0.1) is 22.7 Å². The lowest BCUT2D eigenvalue weighted by Gasteiger charge is -2.45. The Morgan fingerprint density at radius 1 is 0.314 bits per heavy atom. The number of benzene rings is 9. The molecule has 0 bridgehead atoms. The van der Waals surface area contributed by atoms with Gasteiger partial charge in [-0.1, -0.05) is 124 Å². The van der Waals surface area contributed by atoms with Crippen molar-refractivity contribution in [1.29, 1.82) is 0 Å². The Balaban J connectivity index is 1.11. The highest BCUT2D eigenvalue weighted by molar-refractivity contribution is 7.26. The molecule has 0 atom stereocenters. The third kappa shape index (κ3) is 6.10. The highest BCUT2D eigenvalue weighted by Gasteiger charge is 2.45. The molecule has 9 aromatic carbocycles. The number of anilines is 3. The van der Waals surface area contributed by atoms with Crippen LogP contribution in [0.25, 0.3) is 62.6 Å². The van der Waals surface area contributed by atoms with Crippen LogP contribution in [0.3, 0.4) is 0 Å². The highest BCUT2D eigenvalue weighted by atomic mass is 32.1. The van der Waals surface area contributed by atoms with Crippen LogP contribution >= 0.6 is 22.7 Å². The molecule has 338 valence electrons. The molecule has 70 heavy (non-hydrogen) atoms. The molecule has 11 aromatic rings. The second-order valence-electron chi connectivity index (χ2n) is 20.7. The van der Waals surface area contributed by atoms with E-state index in [0.29, 0.717) is 0 Å². The van der Waals surface area contributed by atoms with Crippen molar-refractivity contribution in [1.82, 2.24) is 0 Å². The van der Waals surface area contributed by atoms with Crippen molar-refractivity contribution in [3.05, 3.63) is 195 Å². The summed E-state index contributed by atoms with van der Waals surface area (Å²) in [6, 6.07) is 51.9. The maximum Gasteiger partial charge on any atom is 0.247 e. The number of hydrogen-bond donors (Lipinski definition) is 0. The molecule has 0 saturated heterocycles. The predicted octanol–water partition coefficient (Wildman–Crippen LogP) is 14.3. The molecule has 2 aliphatic rings. The molecule has 0 amide bonds. The second-order valence-corrected chi connectivity index (χ2v) is 22.9. The topological polar surface area (TPSA) is 3.24 Å². The quantitative estimate of drug-likeness (QED) is 0.159. The third-order valence-corrected chi connectivity index (χ3v) is 19.7. The van der Waals surface area contributed by atoms with E-state index < -0.39 is 0 Å². The molecule has 0 radical (unpaired) electrons. The summed E-state index contributed by atoms with van der Waals surface area (Å²) in [6.07, 6.45) is 0. The molecule has 0 fully saturated rings. The number of aryl methyl sites for hydroxylation is 1. The van der Waals surface area contributed by atoms with E-state index in [1.165, 1.54) is 174 Å². The average molecular weight is 936 g/mol. The lowest BCUT2D eigenvalue weighted by atomic mass is 9.29. The van der Waals surface area contributed by atoms with Crippen molar-refractivity contribution in [2.24, 2.45) is 0 Å². The molecule has 0 aliphatic carbocycles. The van der Waals surface area contributed by atoms with Crippen molar-refractivity contribution < 1.29 is 0 Å². The predicted molar refractivity (Wildman–Crippen MR) is 312 cm³/mol. The molecule has 0 unspecified atom stereocenters. The number of hydrogen-bond acceptors (Lipinski definition) is 3. The zero-order valence-corrected chi connectivity index (χ0v) is 43.8. The van der Waals surface area contributed by atoms with Crippen LogP contribution in [0.1, 0.15) is 61.2 Å². The first-order chi connectivity index (χ1) is 33.8. The lowest BCUT2D eigenvalue weighted by molar-refractivity contribution is 1.19. The zero-order valence-electron chi connectivity index (χ0n) is 42.1. The Morgan fingerprint density at radius 2 is 0.657 bits per heavy atom. The van der Waals surface area contributed by atoms with Crippen molar-refractivity contribution in [2.45, 2.75) is 76.2 Å². The Hall–Kier alpha value is -6.65. The molecule has 4 heterocycles. The molecule has 0 spiro atoms. The van der Waals surface area contributed by atoms with Crippen molar-refractivity contribution in [3.8, 4) is 22.3 Å². The summed E-state index contributed by atoms with van der Waals surface area (Å²) in [5.74, 6) is 0. The fourth-order valence-electron chi connectivity index (χ4n) is 12.9. The monoisotopic (exact) mass is 935 g/mol. The van der Waals surface area contributed by atoms with Crippen LogP contribution < -0.4 is 37.7 Å². The second kappa shape index (κ2) is 15.7. The van der Waals surface area contributed by atoms with Crippen LogP contribution in [-0.4, -0.2) is 13.4 Å². The van der Waals surface area contributed by atoms with Gasteiger partial charge in [-0.2, -0.15) is 0 Å². The zero-order chi connectivity index (χ0) is 48.2. The summed E-state index contributed by atoms with van der Waals surface area (Å²) < 4.78 is 5.35. The molecular weight excluding hydrogens is 880 g/mol. The van der Waals surface area contributed by atoms with E-state index in [0.717, 1.165) is 0 Å². The van der Waals surface area contributed by atoms with Crippen LogP contribution in [0.15, 0.2) is 133 Å². The smallest absolute Gasteiger partial charge is 0.247 e. The Bertz CT molecular complexity index is 3790. The van der Waals surface area contributed by atoms with E-state index in [9.17, 15) is 0 Å². The first kappa shape index (κ1) is 43.4. The standard InChI is InChI=1S/C65H55B2NS2/c1-34-28-55-65-56(29-34)67(64-43(10)39(6)36(3)40(7)44(64)11)54-33-48(46-23-27-62-52(31-46)50-17-13-15-19-60(50)70-62)21-25-58(54)68(65)57-24-20-47(45-22-26-61-51(30-45)49-16-12-14-18-59(49)69-61)32-53(57)66(55)63-41(8)37(4)35(2)38(5)42(63)9/h12-33H,1-11H3. The first-order valence-electron chi connectivity index (χ1n) is 25.0. The summed E-state index contributed by atoms with van der Waals surface area (Å²) in [7, 11) is 0. The van der Waals surface area contributed by atoms with E-state index >= 15 is 0 Å². The number of nitrogens with zero attached hydrogens (tertiary/aromatic N) is 1. The van der Waals surface area contributed by atoms with E-state index in [1.54, 1.807) is 0 Å². The minimum Gasteiger partial charge on any atom is -0.313 e. The Labute approximate surface area is 421 Å². The summed E-state index contributed by atoms with van der Waals surface area (Å²) >= 11 is 3.78. The fraction of sp³-hybridized carbons (Fsp3) is 0.169. The van der Waals surface area contributed by atoms with Gasteiger partial charge in [0.1, 0.15) is 0 Å². The van der Waals surface area contributed by atoms with Gasteiger partial charge in [-0.25, -0.2) is 0 Å². The molecule has 5 heteroatoms. The number of thiophene rings is 2. The fourth-order valence-corrected chi connectivity index (χ4v) is 15.1. The molecule has 1 nitrogen and oxygen atoms in total. The van der Waals surface area contributed by atoms with Crippen molar-refractivity contribution in [3.63, 3.8) is 0 Å². The van der Waals surface area contributed by atoms with Gasteiger partial charge in [0.2, 0.25) is 13.4 Å². The van der Waals surface area contributed by atoms with E-state index in [2.05, 4.69) is 215 Å². The maximum atomic E-state index is 2.68. The highest BCUT2D eigenvalue weighted by Crippen LogP contribution is 2.43. The van der Waals surface area contributed by atoms with Crippen molar-refractivity contribution in [2.75, 3.05) is 4.90 Å². The van der Waals surface area contributed by atoms with Crippen LogP contribution in [0, 0.1) is 76.2 Å². The van der Waals surface area contributed by atoms with Gasteiger partial charge in [-0.3, -0.25) is 0 Å². The van der Waals surface area contributed by atoms with Crippen LogP contribution in [0.4, 0.5) is 17.1 Å². The van der Waals surface area contributed by atoms with Crippen LogP contribution in [-0.2, 0) is 0 Å². The Morgan fingerprint density at radius 3 is 1.07 bits per heavy atom. The first-order valence-corrected chi connectivity index (χ1v) is 26.6. The lowest BCUT2D eigenvalue weighted by Crippen LogP contribution is -2.66. The summed E-state index contributed by atoms with van der Waals surface area (Å²) in [4.78, 5) is 2.68. The average Bonchev–Trinajstić information content (AvgIpc) is 3.95. The molecule has 2 aliphatic heterocycles. The SMILES string of the molecule is Cc1cc2c3c(c1)B(c1c(C)c(C)c(C)c(C)c1C)c1cc(-c4ccc5sc6ccccc6c5c4)ccc1N3c1ccc(-c3ccc4sc5ccccc5c4c3)cc1B2c1c(C)c(C)c(C)c(C)c1C. The number of fused-ring (bicyclic) bond motifs is 10. The maximum absolute atomic E-state index is 2.68. The molecule has 0 N–H and O–H groups in total. The molecule has 13 rings (SSSR count). The molecular formula is C65H55B2NS2. The third-order valence-electron chi connectivity index (χ3n) is 17.4. The summed E-state index contributed by atoms with van der Waals surface area (Å²) in [5.41, 5.74) is 32.7. The van der Waals surface area contributed by atoms with Crippen molar-refractivity contribution >= 4 is 126 Å². The van der Waals surface area contributed by atoms with Crippen LogP contribution in [0.2, 0.25) is 0 Å². The molecule has 0 saturated carbocycles. The normalized spacial score (nSPS) is 13.0. The molecule has 2 aromatic heterocycles. The minimum absolute atomic E-state index is 0.0286. The van der Waals surface area contributed by atoms with Gasteiger partial charge in [-0.05, 0) is 202 Å². The van der Waals surface area contributed by atoms with E-state index in [1.807, 2.05) is 22.7 Å². The number of rotatable bonds is 4. The van der Waals surface area contributed by atoms with Gasteiger partial charge in [0.05, 0.1) is 0 Å². The largest absolute Gasteiger partial charge is 0.313 e. The summed E-state index contributed by atoms with van der Waals surface area (Å²) in [5, 5.41) is 5.33. The van der Waals surface area contributed by atoms with E-state index in [4.69, 9.17) is 0 Å². The van der Waals surface area contributed by atoms with Gasteiger partial charge in [0, 0.05) is 57.4 Å².